The number of nitrogens with zero attached hydrogens (tertiary/aromatic N) is 1. The number of aryl methyl sites for hydroxylation is 1. The maximum absolute atomic E-state index is 5.37. The van der Waals surface area contributed by atoms with Crippen LogP contribution in [0.1, 0.15) is 38.2 Å². The summed E-state index contributed by atoms with van der Waals surface area (Å²) in [6.45, 7) is 4.43. The maximum Gasteiger partial charge on any atom is 0.166 e. The van der Waals surface area contributed by atoms with Gasteiger partial charge in [-0.2, -0.15) is 0 Å². The van der Waals surface area contributed by atoms with Gasteiger partial charge < -0.3 is 15.5 Å². The molecule has 1 aromatic rings. The summed E-state index contributed by atoms with van der Waals surface area (Å²) in [5.41, 5.74) is 2.79. The van der Waals surface area contributed by atoms with Gasteiger partial charge in [0.05, 0.1) is 0 Å². The number of piperidine rings is 1. The Labute approximate surface area is 133 Å². The molecule has 2 N–H and O–H groups in total. The minimum Gasteiger partial charge on any atom is -0.371 e. The van der Waals surface area contributed by atoms with Crippen LogP contribution in [0.4, 0.5) is 5.69 Å². The van der Waals surface area contributed by atoms with Crippen molar-refractivity contribution in [3.8, 4) is 0 Å². The topological polar surface area (TPSA) is 27.3 Å². The highest BCUT2D eigenvalue weighted by Gasteiger charge is 2.24. The van der Waals surface area contributed by atoms with Gasteiger partial charge >= 0.3 is 0 Å². The Morgan fingerprint density at radius 2 is 1.81 bits per heavy atom. The van der Waals surface area contributed by atoms with Gasteiger partial charge in [-0.15, -0.1) is 0 Å². The van der Waals surface area contributed by atoms with Gasteiger partial charge in [-0.05, 0) is 62.0 Å². The summed E-state index contributed by atoms with van der Waals surface area (Å²) >= 11 is 5.37. The molecule has 4 heteroatoms. The third-order valence-electron chi connectivity index (χ3n) is 4.43. The van der Waals surface area contributed by atoms with Crippen LogP contribution in [-0.4, -0.2) is 30.3 Å². The van der Waals surface area contributed by atoms with Gasteiger partial charge in [0, 0.05) is 30.9 Å². The van der Waals surface area contributed by atoms with Gasteiger partial charge in [-0.3, -0.25) is 0 Å². The molecular formula is C17H25N3S. The fourth-order valence-electron chi connectivity index (χ4n) is 2.90. The first-order chi connectivity index (χ1) is 10.2. The average Bonchev–Trinajstić information content (AvgIpc) is 3.32. The zero-order valence-corrected chi connectivity index (χ0v) is 13.6. The molecule has 2 aliphatic rings. The summed E-state index contributed by atoms with van der Waals surface area (Å²) in [5.74, 6) is 0. The van der Waals surface area contributed by atoms with Crippen LogP contribution < -0.4 is 15.5 Å². The predicted molar refractivity (Wildman–Crippen MR) is 92.9 cm³/mol. The zero-order chi connectivity index (χ0) is 14.7. The Hall–Kier alpha value is -1.29. The van der Waals surface area contributed by atoms with Gasteiger partial charge in [0.25, 0.3) is 0 Å². The third kappa shape index (κ3) is 4.10. The van der Waals surface area contributed by atoms with Crippen molar-refractivity contribution in [2.24, 2.45) is 0 Å². The van der Waals surface area contributed by atoms with E-state index in [1.54, 1.807) is 0 Å². The van der Waals surface area contributed by atoms with Gasteiger partial charge in [0.1, 0.15) is 0 Å². The van der Waals surface area contributed by atoms with Crippen LogP contribution in [0, 0.1) is 0 Å². The molecule has 1 aliphatic heterocycles. The van der Waals surface area contributed by atoms with E-state index in [0.717, 1.165) is 37.5 Å². The molecular weight excluding hydrogens is 278 g/mol. The van der Waals surface area contributed by atoms with E-state index >= 15 is 0 Å². The first-order valence-electron chi connectivity index (χ1n) is 8.15. The van der Waals surface area contributed by atoms with Gasteiger partial charge in [-0.1, -0.05) is 19.1 Å². The molecule has 0 atom stereocenters. The van der Waals surface area contributed by atoms with E-state index in [2.05, 4.69) is 46.7 Å². The van der Waals surface area contributed by atoms with Crippen molar-refractivity contribution in [2.45, 2.75) is 51.1 Å². The van der Waals surface area contributed by atoms with Crippen LogP contribution in [0.5, 0.6) is 0 Å². The summed E-state index contributed by atoms with van der Waals surface area (Å²) < 4.78 is 0. The highest BCUT2D eigenvalue weighted by Crippen LogP contribution is 2.22. The van der Waals surface area contributed by atoms with E-state index in [4.69, 9.17) is 12.2 Å². The van der Waals surface area contributed by atoms with Crippen molar-refractivity contribution in [3.05, 3.63) is 29.8 Å². The van der Waals surface area contributed by atoms with Crippen LogP contribution in [0.3, 0.4) is 0 Å². The summed E-state index contributed by atoms with van der Waals surface area (Å²) in [5, 5.41) is 7.70. The van der Waals surface area contributed by atoms with Crippen LogP contribution in [0.25, 0.3) is 0 Å². The largest absolute Gasteiger partial charge is 0.371 e. The molecule has 3 nitrogen and oxygen atoms in total. The lowest BCUT2D eigenvalue weighted by molar-refractivity contribution is 0.464. The first kappa shape index (κ1) is 14.6. The summed E-state index contributed by atoms with van der Waals surface area (Å²) in [6.07, 6.45) is 5.96. The summed E-state index contributed by atoms with van der Waals surface area (Å²) in [7, 11) is 0. The van der Waals surface area contributed by atoms with Crippen LogP contribution in [0.15, 0.2) is 24.3 Å². The molecule has 1 saturated carbocycles. The van der Waals surface area contributed by atoms with E-state index in [9.17, 15) is 0 Å². The molecule has 0 aromatic heterocycles. The standard InChI is InChI=1S/C17H25N3S/c1-2-13-4-3-5-16(12-13)20-10-8-15(9-11-20)19-17(21)18-14-6-7-14/h3-5,12,14-15H,2,6-11H2,1H3,(H2,18,19,21). The Morgan fingerprint density at radius 3 is 2.43 bits per heavy atom. The number of benzene rings is 1. The Bertz CT molecular complexity index is 491. The van der Waals surface area contributed by atoms with Crippen LogP contribution in [-0.2, 0) is 6.42 Å². The number of hydrogen-bond acceptors (Lipinski definition) is 2. The number of nitrogens with one attached hydrogen (secondary N) is 2. The van der Waals surface area contributed by atoms with Gasteiger partial charge in [0.15, 0.2) is 5.11 Å². The Kier molecular flexibility index (Phi) is 4.63. The number of rotatable bonds is 4. The van der Waals surface area contributed by atoms with Crippen molar-refractivity contribution in [1.82, 2.24) is 10.6 Å². The van der Waals surface area contributed by atoms with E-state index in [0.29, 0.717) is 12.1 Å². The monoisotopic (exact) mass is 303 g/mol. The normalized spacial score (nSPS) is 19.4. The quantitative estimate of drug-likeness (QED) is 0.837. The molecule has 1 heterocycles. The average molecular weight is 303 g/mol. The third-order valence-corrected chi connectivity index (χ3v) is 4.66. The molecule has 0 bridgehead atoms. The van der Waals surface area contributed by atoms with Crippen molar-refractivity contribution >= 4 is 23.0 Å². The van der Waals surface area contributed by atoms with E-state index in [1.807, 2.05) is 0 Å². The smallest absolute Gasteiger partial charge is 0.166 e. The Morgan fingerprint density at radius 1 is 1.14 bits per heavy atom. The van der Waals surface area contributed by atoms with Crippen LogP contribution in [0.2, 0.25) is 0 Å². The number of hydrogen-bond donors (Lipinski definition) is 2. The lowest BCUT2D eigenvalue weighted by Gasteiger charge is -2.34. The van der Waals surface area contributed by atoms with Crippen molar-refractivity contribution in [3.63, 3.8) is 0 Å². The summed E-state index contributed by atoms with van der Waals surface area (Å²) in [4.78, 5) is 2.49. The second-order valence-electron chi connectivity index (χ2n) is 6.18. The zero-order valence-electron chi connectivity index (χ0n) is 12.8. The molecule has 0 radical (unpaired) electrons. The van der Waals surface area contributed by atoms with Crippen molar-refractivity contribution < 1.29 is 0 Å². The second-order valence-corrected chi connectivity index (χ2v) is 6.59. The molecule has 21 heavy (non-hydrogen) atoms. The van der Waals surface area contributed by atoms with Crippen LogP contribution >= 0.6 is 12.2 Å². The molecule has 1 saturated heterocycles. The predicted octanol–water partition coefficient (Wildman–Crippen LogP) is 2.84. The van der Waals surface area contributed by atoms with Crippen molar-refractivity contribution in [2.75, 3.05) is 18.0 Å². The number of anilines is 1. The number of thiocarbonyl (C=S) groups is 1. The molecule has 3 rings (SSSR count). The second kappa shape index (κ2) is 6.65. The Balaban J connectivity index is 1.48. The molecule has 0 spiro atoms. The minimum absolute atomic E-state index is 0.523. The highest BCUT2D eigenvalue weighted by atomic mass is 32.1. The minimum atomic E-state index is 0.523. The lowest BCUT2D eigenvalue weighted by atomic mass is 10.0. The van der Waals surface area contributed by atoms with Gasteiger partial charge in [-0.25, -0.2) is 0 Å². The van der Waals surface area contributed by atoms with E-state index < -0.39 is 0 Å². The lowest BCUT2D eigenvalue weighted by Crippen LogP contribution is -2.48. The molecule has 2 fully saturated rings. The molecule has 1 aliphatic carbocycles. The first-order valence-corrected chi connectivity index (χ1v) is 8.56. The fraction of sp³-hybridized carbons (Fsp3) is 0.588. The van der Waals surface area contributed by atoms with Crippen molar-refractivity contribution in [1.29, 1.82) is 0 Å². The highest BCUT2D eigenvalue weighted by molar-refractivity contribution is 7.80. The maximum atomic E-state index is 5.37. The van der Waals surface area contributed by atoms with E-state index in [1.165, 1.54) is 24.1 Å². The van der Waals surface area contributed by atoms with Gasteiger partial charge in [0.2, 0.25) is 0 Å². The SMILES string of the molecule is CCc1cccc(N2CCC(NC(=S)NC3CC3)CC2)c1. The molecule has 0 amide bonds. The summed E-state index contributed by atoms with van der Waals surface area (Å²) in [6, 6.07) is 10.1. The molecule has 0 unspecified atom stereocenters. The van der Waals surface area contributed by atoms with E-state index in [-0.39, 0.29) is 0 Å². The fourth-order valence-corrected chi connectivity index (χ4v) is 3.23. The molecule has 1 aromatic carbocycles. The molecule has 114 valence electrons.